The first-order valence-electron chi connectivity index (χ1n) is 7.50. The van der Waals surface area contributed by atoms with Gasteiger partial charge in [0.2, 0.25) is 11.8 Å². The Hall–Kier alpha value is -0.920. The first-order valence-corrected chi connectivity index (χ1v) is 9.08. The minimum absolute atomic E-state index is 0.104. The molecule has 128 valence electrons. The first-order chi connectivity index (χ1) is 10.8. The molecule has 0 heterocycles. The smallest absolute Gasteiger partial charge is 0.236 e. The monoisotopic (exact) mass is 447 g/mol. The second-order valence-corrected chi connectivity index (χ2v) is 7.11. The molecular weight excluding hydrogens is 426 g/mol. The molecule has 23 heavy (non-hydrogen) atoms. The average Bonchev–Trinajstić information content (AvgIpc) is 2.43. The molecule has 0 radical (unpaired) electrons. The van der Waals surface area contributed by atoms with Crippen molar-refractivity contribution in [2.75, 3.05) is 32.0 Å². The van der Waals surface area contributed by atoms with Crippen molar-refractivity contribution in [1.29, 1.82) is 0 Å². The van der Waals surface area contributed by atoms with Crippen LogP contribution in [0.4, 0.5) is 5.69 Å². The van der Waals surface area contributed by atoms with E-state index in [9.17, 15) is 9.59 Å². The Balaban J connectivity index is 2.90. The number of nitrogens with zero attached hydrogens (tertiary/aromatic N) is 2. The summed E-state index contributed by atoms with van der Waals surface area (Å²) in [6, 6.07) is 3.84. The largest absolute Gasteiger partial charge is 0.342 e. The van der Waals surface area contributed by atoms with Gasteiger partial charge in [0, 0.05) is 35.5 Å². The molecular formula is C16H23Br2N3O2. The van der Waals surface area contributed by atoms with E-state index in [2.05, 4.69) is 37.2 Å². The zero-order valence-corrected chi connectivity index (χ0v) is 17.1. The van der Waals surface area contributed by atoms with Crippen LogP contribution in [0.1, 0.15) is 26.3 Å². The quantitative estimate of drug-likeness (QED) is 0.694. The van der Waals surface area contributed by atoms with Gasteiger partial charge in [0.25, 0.3) is 0 Å². The number of halogens is 2. The Labute approximate surface area is 154 Å². The Morgan fingerprint density at radius 1 is 1.17 bits per heavy atom. The lowest BCUT2D eigenvalue weighted by atomic mass is 10.1. The summed E-state index contributed by atoms with van der Waals surface area (Å²) in [5.74, 6) is -0.0243. The number of hydrogen-bond acceptors (Lipinski definition) is 3. The number of carbonyl (C=O) groups is 2. The van der Waals surface area contributed by atoms with Crippen LogP contribution in [0.15, 0.2) is 21.1 Å². The van der Waals surface area contributed by atoms with E-state index in [0.29, 0.717) is 26.2 Å². The summed E-state index contributed by atoms with van der Waals surface area (Å²) in [7, 11) is 1.90. The van der Waals surface area contributed by atoms with Crippen LogP contribution in [0.25, 0.3) is 0 Å². The summed E-state index contributed by atoms with van der Waals surface area (Å²) >= 11 is 6.94. The molecule has 0 aliphatic carbocycles. The number of carbonyl (C=O) groups excluding carboxylic acids is 2. The van der Waals surface area contributed by atoms with Crippen molar-refractivity contribution >= 4 is 49.4 Å². The Bertz CT molecular complexity index is 575. The van der Waals surface area contributed by atoms with Crippen LogP contribution in [-0.2, 0) is 16.1 Å². The molecule has 0 aromatic heterocycles. The molecule has 2 amide bonds. The normalized spacial score (nSPS) is 10.7. The van der Waals surface area contributed by atoms with E-state index in [0.717, 1.165) is 20.2 Å². The van der Waals surface area contributed by atoms with Gasteiger partial charge in [-0.15, -0.1) is 0 Å². The predicted octanol–water partition coefficient (Wildman–Crippen LogP) is 3.47. The van der Waals surface area contributed by atoms with Gasteiger partial charge in [-0.25, -0.2) is 0 Å². The van der Waals surface area contributed by atoms with Gasteiger partial charge in [0.1, 0.15) is 0 Å². The Kier molecular flexibility index (Phi) is 8.22. The third-order valence-corrected chi connectivity index (χ3v) is 4.48. The second kappa shape index (κ2) is 9.39. The summed E-state index contributed by atoms with van der Waals surface area (Å²) in [6.07, 6.45) is 0. The molecule has 1 N–H and O–H groups in total. The Morgan fingerprint density at radius 2 is 1.78 bits per heavy atom. The van der Waals surface area contributed by atoms with E-state index in [4.69, 9.17) is 0 Å². The summed E-state index contributed by atoms with van der Waals surface area (Å²) < 4.78 is 1.72. The van der Waals surface area contributed by atoms with Gasteiger partial charge in [0.05, 0.1) is 12.2 Å². The summed E-state index contributed by atoms with van der Waals surface area (Å²) in [5.41, 5.74) is 1.68. The van der Waals surface area contributed by atoms with Crippen LogP contribution in [0, 0.1) is 0 Å². The highest BCUT2D eigenvalue weighted by molar-refractivity contribution is 9.11. The van der Waals surface area contributed by atoms with Gasteiger partial charge in [-0.2, -0.15) is 0 Å². The van der Waals surface area contributed by atoms with Crippen molar-refractivity contribution in [3.8, 4) is 0 Å². The highest BCUT2D eigenvalue weighted by atomic mass is 79.9. The predicted molar refractivity (Wildman–Crippen MR) is 100 cm³/mol. The molecule has 5 nitrogen and oxygen atoms in total. The van der Waals surface area contributed by atoms with Gasteiger partial charge in [-0.05, 0) is 54.5 Å². The molecule has 0 aliphatic heterocycles. The lowest BCUT2D eigenvalue weighted by molar-refractivity contribution is -0.131. The van der Waals surface area contributed by atoms with E-state index in [1.165, 1.54) is 6.92 Å². The molecule has 0 bridgehead atoms. The van der Waals surface area contributed by atoms with Gasteiger partial charge in [-0.1, -0.05) is 15.9 Å². The van der Waals surface area contributed by atoms with E-state index in [-0.39, 0.29) is 11.8 Å². The number of benzene rings is 1. The molecule has 1 aromatic carbocycles. The maximum absolute atomic E-state index is 12.2. The van der Waals surface area contributed by atoms with Crippen LogP contribution in [0.3, 0.4) is 0 Å². The van der Waals surface area contributed by atoms with Crippen LogP contribution in [0.2, 0.25) is 0 Å². The van der Waals surface area contributed by atoms with E-state index >= 15 is 0 Å². The lowest BCUT2D eigenvalue weighted by Gasteiger charge is -2.24. The molecule has 0 spiro atoms. The molecule has 0 atom stereocenters. The maximum atomic E-state index is 12.2. The van der Waals surface area contributed by atoms with Crippen LogP contribution < -0.4 is 5.32 Å². The minimum Gasteiger partial charge on any atom is -0.342 e. The minimum atomic E-state index is -0.129. The molecule has 0 fully saturated rings. The summed E-state index contributed by atoms with van der Waals surface area (Å²) in [6.45, 7) is 7.74. The number of nitrogens with one attached hydrogen (secondary N) is 1. The summed E-state index contributed by atoms with van der Waals surface area (Å²) in [4.78, 5) is 27.4. The highest BCUT2D eigenvalue weighted by Crippen LogP contribution is 2.31. The number of likely N-dealkylation sites (N-methyl/N-ethyl adjacent to an activating group) is 2. The third-order valence-electron chi connectivity index (χ3n) is 3.40. The Morgan fingerprint density at radius 3 is 2.30 bits per heavy atom. The van der Waals surface area contributed by atoms with Crippen molar-refractivity contribution in [1.82, 2.24) is 9.80 Å². The molecule has 1 rings (SSSR count). The fourth-order valence-electron chi connectivity index (χ4n) is 2.32. The second-order valence-electron chi connectivity index (χ2n) is 5.34. The topological polar surface area (TPSA) is 52.7 Å². The third kappa shape index (κ3) is 6.24. The number of rotatable bonds is 7. The standard InChI is InChI=1S/C16H23Br2N3O2/c1-5-21(6-2)15(23)10-20(4)9-12-7-13(17)8-14(18)16(12)19-11(3)22/h7-8H,5-6,9-10H2,1-4H3,(H,19,22). The van der Waals surface area contributed by atoms with E-state index < -0.39 is 0 Å². The maximum Gasteiger partial charge on any atom is 0.236 e. The molecule has 0 saturated carbocycles. The van der Waals surface area contributed by atoms with Gasteiger partial charge in [0.15, 0.2) is 0 Å². The average molecular weight is 449 g/mol. The van der Waals surface area contributed by atoms with Crippen molar-refractivity contribution in [3.63, 3.8) is 0 Å². The van der Waals surface area contributed by atoms with E-state index in [1.54, 1.807) is 0 Å². The number of amides is 2. The van der Waals surface area contributed by atoms with Gasteiger partial charge in [-0.3, -0.25) is 14.5 Å². The molecule has 1 aromatic rings. The zero-order chi connectivity index (χ0) is 17.6. The molecule has 0 unspecified atom stereocenters. The fraction of sp³-hybridized carbons (Fsp3) is 0.500. The molecule has 7 heteroatoms. The van der Waals surface area contributed by atoms with E-state index in [1.807, 2.05) is 42.8 Å². The summed E-state index contributed by atoms with van der Waals surface area (Å²) in [5, 5.41) is 2.84. The number of anilines is 1. The van der Waals surface area contributed by atoms with Crippen LogP contribution >= 0.6 is 31.9 Å². The van der Waals surface area contributed by atoms with Gasteiger partial charge < -0.3 is 10.2 Å². The van der Waals surface area contributed by atoms with Gasteiger partial charge >= 0.3 is 0 Å². The lowest BCUT2D eigenvalue weighted by Crippen LogP contribution is -2.38. The number of hydrogen-bond donors (Lipinski definition) is 1. The SMILES string of the molecule is CCN(CC)C(=O)CN(C)Cc1cc(Br)cc(Br)c1NC(C)=O. The zero-order valence-electron chi connectivity index (χ0n) is 13.9. The highest BCUT2D eigenvalue weighted by Gasteiger charge is 2.16. The van der Waals surface area contributed by atoms with Crippen molar-refractivity contribution < 1.29 is 9.59 Å². The van der Waals surface area contributed by atoms with Crippen molar-refractivity contribution in [2.45, 2.75) is 27.3 Å². The van der Waals surface area contributed by atoms with Crippen LogP contribution in [-0.4, -0.2) is 48.3 Å². The molecule has 0 aliphatic rings. The van der Waals surface area contributed by atoms with Crippen molar-refractivity contribution in [2.24, 2.45) is 0 Å². The molecule has 0 saturated heterocycles. The first kappa shape index (κ1) is 20.1. The van der Waals surface area contributed by atoms with Crippen LogP contribution in [0.5, 0.6) is 0 Å². The fourth-order valence-corrected chi connectivity index (χ4v) is 3.73. The van der Waals surface area contributed by atoms with Crippen molar-refractivity contribution in [3.05, 3.63) is 26.6 Å².